The number of carbonyl (C=O) groups excluding carboxylic acids is 3. The first kappa shape index (κ1) is 36.3. The van der Waals surface area contributed by atoms with Crippen molar-refractivity contribution in [3.8, 4) is 46.0 Å². The Morgan fingerprint density at radius 3 is 1.47 bits per heavy atom. The Morgan fingerprint density at radius 1 is 0.592 bits per heavy atom. The molecule has 0 aliphatic heterocycles. The highest BCUT2D eigenvalue weighted by atomic mass is 16.6. The lowest BCUT2D eigenvalue weighted by molar-refractivity contribution is -0.131. The molecule has 260 valence electrons. The average molecular weight is 676 g/mol. The second kappa shape index (κ2) is 16.5. The van der Waals surface area contributed by atoms with Crippen LogP contribution in [-0.2, 0) is 4.79 Å². The van der Waals surface area contributed by atoms with Crippen LogP contribution in [0.2, 0.25) is 0 Å². The van der Waals surface area contributed by atoms with Crippen LogP contribution >= 0.6 is 0 Å². The van der Waals surface area contributed by atoms with Gasteiger partial charge in [0.15, 0.2) is 46.1 Å². The summed E-state index contributed by atoms with van der Waals surface area (Å²) < 4.78 is 45.5. The molecule has 3 aromatic carbocycles. The third kappa shape index (κ3) is 7.64. The summed E-state index contributed by atoms with van der Waals surface area (Å²) in [6, 6.07) is 7.59. The molecule has 0 aliphatic rings. The number of ketones is 2. The number of aromatic nitrogens is 1. The fraction of sp³-hybridized carbons (Fsp3) is 0.351. The quantitative estimate of drug-likeness (QED) is 0.0674. The summed E-state index contributed by atoms with van der Waals surface area (Å²) in [7, 11) is 5.84. The van der Waals surface area contributed by atoms with Gasteiger partial charge in [-0.15, -0.1) is 0 Å². The number of fused-ring (bicyclic) bond motifs is 1. The van der Waals surface area contributed by atoms with E-state index in [-0.39, 0.29) is 74.1 Å². The Kier molecular flexibility index (Phi) is 12.3. The minimum Gasteiger partial charge on any atom is -0.493 e. The van der Waals surface area contributed by atoms with Crippen molar-refractivity contribution >= 4 is 28.3 Å². The summed E-state index contributed by atoms with van der Waals surface area (Å²) >= 11 is 0. The van der Waals surface area contributed by atoms with Gasteiger partial charge in [0.05, 0.1) is 48.3 Å². The molecule has 0 aliphatic carbocycles. The molecule has 0 N–H and O–H groups in total. The summed E-state index contributed by atoms with van der Waals surface area (Å²) in [5.74, 6) is 0.309. The van der Waals surface area contributed by atoms with Gasteiger partial charge in [0.25, 0.3) is 0 Å². The molecule has 0 bridgehead atoms. The van der Waals surface area contributed by atoms with E-state index in [1.807, 2.05) is 13.8 Å². The number of pyridine rings is 1. The Morgan fingerprint density at radius 2 is 1.06 bits per heavy atom. The van der Waals surface area contributed by atoms with Crippen molar-refractivity contribution in [3.63, 3.8) is 0 Å². The molecule has 0 saturated heterocycles. The number of hydrogen-bond donors (Lipinski definition) is 0. The summed E-state index contributed by atoms with van der Waals surface area (Å²) in [6.07, 6.45) is 4.25. The van der Waals surface area contributed by atoms with E-state index in [4.69, 9.17) is 37.9 Å². The lowest BCUT2D eigenvalue weighted by Gasteiger charge is -2.19. The van der Waals surface area contributed by atoms with Crippen molar-refractivity contribution in [1.82, 2.24) is 4.98 Å². The van der Waals surface area contributed by atoms with Crippen LogP contribution in [-0.4, -0.2) is 70.8 Å². The molecule has 0 unspecified atom stereocenters. The minimum absolute atomic E-state index is 0.0139. The molecule has 0 amide bonds. The zero-order valence-corrected chi connectivity index (χ0v) is 29.0. The van der Waals surface area contributed by atoms with Gasteiger partial charge in [-0.1, -0.05) is 13.8 Å². The summed E-state index contributed by atoms with van der Waals surface area (Å²) in [6.45, 7) is 7.92. The monoisotopic (exact) mass is 675 g/mol. The number of hydrogen-bond acceptors (Lipinski definition) is 12. The molecule has 0 radical (unpaired) electrons. The summed E-state index contributed by atoms with van der Waals surface area (Å²) in [5, 5.41) is 0.386. The van der Waals surface area contributed by atoms with E-state index in [1.54, 1.807) is 6.92 Å². The standard InChI is InChI=1S/C37H41NO11/c1-9-12-47-36-27(42-5)14-22(15-28(36)43-6)33(40)24-18-31(46-11-3)35(49-21(4)39)26-20-38-19-25(32(24)26)34(41)23-16-29(44-7)37(48-13-10-2)30(17-23)45-8/h14-20H,9-13H2,1-8H3. The van der Waals surface area contributed by atoms with Gasteiger partial charge in [0.1, 0.15) is 0 Å². The van der Waals surface area contributed by atoms with Crippen LogP contribution in [0, 0.1) is 0 Å². The average Bonchev–Trinajstić information content (AvgIpc) is 3.12. The van der Waals surface area contributed by atoms with Crippen molar-refractivity contribution in [2.45, 2.75) is 40.5 Å². The SMILES string of the molecule is CCCOc1c(OC)cc(C(=O)c2cncc3c(OC(C)=O)c(OCC)cc(C(=O)c4cc(OC)c(OCCC)c(OC)c4)c23)cc1OC. The fourth-order valence-corrected chi connectivity index (χ4v) is 5.21. The maximum Gasteiger partial charge on any atom is 0.308 e. The fourth-order valence-electron chi connectivity index (χ4n) is 5.21. The number of nitrogens with zero attached hydrogens (tertiary/aromatic N) is 1. The van der Waals surface area contributed by atoms with Crippen LogP contribution in [0.3, 0.4) is 0 Å². The molecule has 0 spiro atoms. The molecule has 0 fully saturated rings. The number of carbonyl (C=O) groups is 3. The van der Waals surface area contributed by atoms with E-state index in [0.29, 0.717) is 24.7 Å². The van der Waals surface area contributed by atoms with Crippen molar-refractivity contribution in [1.29, 1.82) is 0 Å². The molecule has 49 heavy (non-hydrogen) atoms. The van der Waals surface area contributed by atoms with Gasteiger partial charge in [0.2, 0.25) is 11.5 Å². The van der Waals surface area contributed by atoms with Gasteiger partial charge in [-0.05, 0) is 50.1 Å². The molecular weight excluding hydrogens is 634 g/mol. The lowest BCUT2D eigenvalue weighted by atomic mass is 9.91. The second-order valence-corrected chi connectivity index (χ2v) is 10.7. The Labute approximate surface area is 285 Å². The third-order valence-corrected chi connectivity index (χ3v) is 7.34. The lowest BCUT2D eigenvalue weighted by Crippen LogP contribution is -2.12. The van der Waals surface area contributed by atoms with Gasteiger partial charge in [-0.2, -0.15) is 0 Å². The van der Waals surface area contributed by atoms with Crippen molar-refractivity contribution < 1.29 is 52.3 Å². The van der Waals surface area contributed by atoms with E-state index >= 15 is 0 Å². The summed E-state index contributed by atoms with van der Waals surface area (Å²) in [5.41, 5.74) is 0.477. The predicted octanol–water partition coefficient (Wildman–Crippen LogP) is 6.63. The maximum atomic E-state index is 14.6. The highest BCUT2D eigenvalue weighted by Crippen LogP contribution is 2.44. The first-order valence-corrected chi connectivity index (χ1v) is 15.8. The third-order valence-electron chi connectivity index (χ3n) is 7.34. The predicted molar refractivity (Wildman–Crippen MR) is 182 cm³/mol. The number of methoxy groups -OCH3 is 4. The maximum absolute atomic E-state index is 14.6. The van der Waals surface area contributed by atoms with Crippen LogP contribution in [0.1, 0.15) is 72.4 Å². The van der Waals surface area contributed by atoms with Gasteiger partial charge < -0.3 is 37.9 Å². The second-order valence-electron chi connectivity index (χ2n) is 10.7. The van der Waals surface area contributed by atoms with Crippen molar-refractivity contribution in [2.75, 3.05) is 48.3 Å². The molecule has 1 aromatic heterocycles. The van der Waals surface area contributed by atoms with Crippen LogP contribution in [0.15, 0.2) is 42.7 Å². The van der Waals surface area contributed by atoms with Crippen LogP contribution in [0.25, 0.3) is 10.8 Å². The highest BCUT2D eigenvalue weighted by molar-refractivity contribution is 6.25. The van der Waals surface area contributed by atoms with Crippen LogP contribution < -0.4 is 37.9 Å². The van der Waals surface area contributed by atoms with Crippen molar-refractivity contribution in [2.24, 2.45) is 0 Å². The van der Waals surface area contributed by atoms with E-state index < -0.39 is 17.5 Å². The molecule has 4 rings (SSSR count). The van der Waals surface area contributed by atoms with Gasteiger partial charge in [-0.3, -0.25) is 19.4 Å². The smallest absolute Gasteiger partial charge is 0.308 e. The first-order chi connectivity index (χ1) is 23.7. The van der Waals surface area contributed by atoms with E-state index in [1.165, 1.54) is 78.1 Å². The normalized spacial score (nSPS) is 10.7. The molecule has 12 heteroatoms. The highest BCUT2D eigenvalue weighted by Gasteiger charge is 2.28. The number of ether oxygens (including phenoxy) is 8. The largest absolute Gasteiger partial charge is 0.493 e. The van der Waals surface area contributed by atoms with E-state index in [9.17, 15) is 14.4 Å². The number of esters is 1. The topological polar surface area (TPSA) is 138 Å². The van der Waals surface area contributed by atoms with E-state index in [0.717, 1.165) is 12.8 Å². The zero-order valence-electron chi connectivity index (χ0n) is 29.0. The molecular formula is C37H41NO11. The Bertz CT molecular complexity index is 1800. The Balaban J connectivity index is 2.04. The number of benzene rings is 3. The van der Waals surface area contributed by atoms with Gasteiger partial charge in [0, 0.05) is 52.3 Å². The van der Waals surface area contributed by atoms with Gasteiger partial charge in [-0.25, -0.2) is 0 Å². The van der Waals surface area contributed by atoms with Crippen LogP contribution in [0.4, 0.5) is 0 Å². The van der Waals surface area contributed by atoms with Gasteiger partial charge >= 0.3 is 5.97 Å². The molecule has 12 nitrogen and oxygen atoms in total. The summed E-state index contributed by atoms with van der Waals surface area (Å²) in [4.78, 5) is 45.6. The van der Waals surface area contributed by atoms with Crippen LogP contribution in [0.5, 0.6) is 46.0 Å². The first-order valence-electron chi connectivity index (χ1n) is 15.8. The molecule has 0 saturated carbocycles. The minimum atomic E-state index is -0.632. The molecule has 1 heterocycles. The van der Waals surface area contributed by atoms with Crippen molar-refractivity contribution in [3.05, 3.63) is 65.0 Å². The number of rotatable bonds is 17. The molecule has 0 atom stereocenters. The van der Waals surface area contributed by atoms with E-state index in [2.05, 4.69) is 4.98 Å². The zero-order chi connectivity index (χ0) is 35.7. The molecule has 4 aromatic rings. The Hall–Kier alpha value is -5.52.